The standard InChI is InChI=1S/C11H20N4O4S/c1-11(2,3)19-10(18)14-7(8(16)17)5-4-6-13-15-9(12)20/h6-7H,4-5H2,1-3H3,(H,14,18)(H,16,17)(H3,12,15,20)/b13-6-. The van der Waals surface area contributed by atoms with Crippen molar-refractivity contribution in [2.24, 2.45) is 10.8 Å². The van der Waals surface area contributed by atoms with Crippen molar-refractivity contribution in [3.05, 3.63) is 0 Å². The third-order valence-electron chi connectivity index (χ3n) is 1.84. The predicted octanol–water partition coefficient (Wildman–Crippen LogP) is 0.564. The first-order chi connectivity index (χ1) is 9.11. The lowest BCUT2D eigenvalue weighted by Gasteiger charge is -2.21. The summed E-state index contributed by atoms with van der Waals surface area (Å²) in [5.74, 6) is -1.15. The molecule has 0 aliphatic carbocycles. The largest absolute Gasteiger partial charge is 0.480 e. The Morgan fingerprint density at radius 2 is 2.10 bits per heavy atom. The summed E-state index contributed by atoms with van der Waals surface area (Å²) in [5.41, 5.74) is 6.80. The van der Waals surface area contributed by atoms with Gasteiger partial charge in [0.05, 0.1) is 0 Å². The highest BCUT2D eigenvalue weighted by atomic mass is 32.1. The number of hydrogen-bond donors (Lipinski definition) is 4. The van der Waals surface area contributed by atoms with E-state index >= 15 is 0 Å². The van der Waals surface area contributed by atoms with Gasteiger partial charge in [-0.25, -0.2) is 9.59 Å². The number of nitrogens with zero attached hydrogens (tertiary/aromatic N) is 1. The molecule has 1 unspecified atom stereocenters. The first-order valence-electron chi connectivity index (χ1n) is 5.91. The van der Waals surface area contributed by atoms with Crippen LogP contribution in [0.3, 0.4) is 0 Å². The Kier molecular flexibility index (Phi) is 7.52. The number of alkyl carbamates (subject to hydrolysis) is 1. The minimum absolute atomic E-state index is 0.0166. The van der Waals surface area contributed by atoms with Gasteiger partial charge in [-0.1, -0.05) is 0 Å². The minimum atomic E-state index is -1.15. The quantitative estimate of drug-likeness (QED) is 0.321. The Morgan fingerprint density at radius 3 is 2.55 bits per heavy atom. The third kappa shape index (κ3) is 10.1. The van der Waals surface area contributed by atoms with Crippen LogP contribution in [0.4, 0.5) is 4.79 Å². The van der Waals surface area contributed by atoms with Crippen molar-refractivity contribution in [2.45, 2.75) is 45.3 Å². The smallest absolute Gasteiger partial charge is 0.408 e. The Balaban J connectivity index is 4.24. The Hall–Kier alpha value is -1.90. The molecule has 0 spiro atoms. The molecule has 114 valence electrons. The second-order valence-electron chi connectivity index (χ2n) is 4.90. The van der Waals surface area contributed by atoms with Crippen LogP contribution in [0.25, 0.3) is 0 Å². The number of ether oxygens (including phenoxy) is 1. The summed E-state index contributed by atoms with van der Waals surface area (Å²) in [5, 5.41) is 15.0. The molecule has 0 heterocycles. The zero-order valence-corrected chi connectivity index (χ0v) is 12.5. The molecule has 5 N–H and O–H groups in total. The second-order valence-corrected chi connectivity index (χ2v) is 5.34. The molecule has 9 heteroatoms. The van der Waals surface area contributed by atoms with Crippen molar-refractivity contribution in [2.75, 3.05) is 0 Å². The number of carboxylic acids is 1. The summed E-state index contributed by atoms with van der Waals surface area (Å²) in [6.07, 6.45) is 1.13. The Labute approximate surface area is 122 Å². The highest BCUT2D eigenvalue weighted by Crippen LogP contribution is 2.07. The zero-order chi connectivity index (χ0) is 15.8. The first kappa shape index (κ1) is 18.1. The van der Waals surface area contributed by atoms with Crippen LogP contribution in [-0.4, -0.2) is 40.1 Å². The maximum Gasteiger partial charge on any atom is 0.408 e. The number of amides is 1. The number of carbonyl (C=O) groups is 2. The lowest BCUT2D eigenvalue weighted by molar-refractivity contribution is -0.139. The van der Waals surface area contributed by atoms with Crippen LogP contribution in [0.1, 0.15) is 33.6 Å². The maximum atomic E-state index is 11.5. The second kappa shape index (κ2) is 8.31. The lowest BCUT2D eigenvalue weighted by atomic mass is 10.1. The summed E-state index contributed by atoms with van der Waals surface area (Å²) in [4.78, 5) is 22.5. The monoisotopic (exact) mass is 304 g/mol. The van der Waals surface area contributed by atoms with E-state index < -0.39 is 23.7 Å². The van der Waals surface area contributed by atoms with E-state index in [4.69, 9.17) is 15.6 Å². The molecule has 0 aromatic heterocycles. The fourth-order valence-corrected chi connectivity index (χ4v) is 1.17. The van der Waals surface area contributed by atoms with E-state index in [1.807, 2.05) is 0 Å². The molecule has 0 radical (unpaired) electrons. The van der Waals surface area contributed by atoms with Crippen molar-refractivity contribution in [3.63, 3.8) is 0 Å². The maximum absolute atomic E-state index is 11.5. The fourth-order valence-electron chi connectivity index (χ4n) is 1.12. The van der Waals surface area contributed by atoms with E-state index in [9.17, 15) is 9.59 Å². The SMILES string of the molecule is CC(C)(C)OC(=O)NC(CC/C=N\NC(N)=S)C(=O)O. The number of thiocarbonyl (C=S) groups is 1. The average molecular weight is 304 g/mol. The normalized spacial score (nSPS) is 12.8. The molecule has 0 fully saturated rings. The third-order valence-corrected chi connectivity index (χ3v) is 1.93. The molecular formula is C11H20N4O4S. The molecule has 0 aromatic carbocycles. The van der Waals surface area contributed by atoms with Gasteiger partial charge in [-0.2, -0.15) is 5.10 Å². The number of nitrogens with one attached hydrogen (secondary N) is 2. The van der Waals surface area contributed by atoms with Crippen molar-refractivity contribution in [1.82, 2.24) is 10.7 Å². The molecule has 0 aliphatic rings. The molecule has 1 atom stereocenters. The number of hydrogen-bond acceptors (Lipinski definition) is 5. The molecule has 8 nitrogen and oxygen atoms in total. The van der Waals surface area contributed by atoms with Crippen LogP contribution in [0.15, 0.2) is 5.10 Å². The molecule has 1 amide bonds. The molecule has 0 aromatic rings. The Bertz CT molecular complexity index is 392. The molecule has 0 rings (SSSR count). The molecule has 0 saturated heterocycles. The van der Waals surface area contributed by atoms with Gasteiger partial charge in [0.15, 0.2) is 5.11 Å². The van der Waals surface area contributed by atoms with Crippen molar-refractivity contribution < 1.29 is 19.4 Å². The van der Waals surface area contributed by atoms with Crippen molar-refractivity contribution in [3.8, 4) is 0 Å². The van der Waals surface area contributed by atoms with Gasteiger partial charge in [0.1, 0.15) is 11.6 Å². The highest BCUT2D eigenvalue weighted by molar-refractivity contribution is 7.80. The molecular weight excluding hydrogens is 284 g/mol. The molecule has 20 heavy (non-hydrogen) atoms. The van der Waals surface area contributed by atoms with Gasteiger partial charge >= 0.3 is 12.1 Å². The minimum Gasteiger partial charge on any atom is -0.480 e. The van der Waals surface area contributed by atoms with E-state index in [-0.39, 0.29) is 11.5 Å². The average Bonchev–Trinajstić information content (AvgIpc) is 2.23. The summed E-state index contributed by atoms with van der Waals surface area (Å²) >= 11 is 4.53. The van der Waals surface area contributed by atoms with Gasteiger partial charge in [0.25, 0.3) is 0 Å². The number of nitrogens with two attached hydrogens (primary N) is 1. The first-order valence-corrected chi connectivity index (χ1v) is 6.32. The summed E-state index contributed by atoms with van der Waals surface area (Å²) in [6.45, 7) is 5.07. The molecule has 0 saturated carbocycles. The van der Waals surface area contributed by atoms with Crippen molar-refractivity contribution >= 4 is 35.6 Å². The van der Waals surface area contributed by atoms with Gasteiger partial charge in [0.2, 0.25) is 0 Å². The molecule has 0 bridgehead atoms. The van der Waals surface area contributed by atoms with E-state index in [0.717, 1.165) is 0 Å². The number of rotatable bonds is 6. The lowest BCUT2D eigenvalue weighted by Crippen LogP contribution is -2.43. The van der Waals surface area contributed by atoms with Crippen LogP contribution in [-0.2, 0) is 9.53 Å². The summed E-state index contributed by atoms with van der Waals surface area (Å²) in [7, 11) is 0. The van der Waals surface area contributed by atoms with E-state index in [2.05, 4.69) is 28.1 Å². The van der Waals surface area contributed by atoms with Crippen LogP contribution in [0.2, 0.25) is 0 Å². The number of carboxylic acid groups (broad SMARTS) is 1. The van der Waals surface area contributed by atoms with Gasteiger partial charge in [0, 0.05) is 6.21 Å². The summed E-state index contributed by atoms with van der Waals surface area (Å²) < 4.78 is 4.98. The predicted molar refractivity (Wildman–Crippen MR) is 78.4 cm³/mol. The van der Waals surface area contributed by atoms with Gasteiger partial charge in [-0.3, -0.25) is 5.43 Å². The highest BCUT2D eigenvalue weighted by Gasteiger charge is 2.23. The summed E-state index contributed by atoms with van der Waals surface area (Å²) in [6, 6.07) is -1.05. The van der Waals surface area contributed by atoms with Crippen LogP contribution >= 0.6 is 12.2 Å². The van der Waals surface area contributed by atoms with Crippen LogP contribution in [0.5, 0.6) is 0 Å². The van der Waals surface area contributed by atoms with E-state index in [1.54, 1.807) is 20.8 Å². The van der Waals surface area contributed by atoms with E-state index in [1.165, 1.54) is 6.21 Å². The molecule has 0 aliphatic heterocycles. The van der Waals surface area contributed by atoms with Gasteiger partial charge in [-0.15, -0.1) is 0 Å². The number of carbonyl (C=O) groups excluding carboxylic acids is 1. The van der Waals surface area contributed by atoms with Crippen LogP contribution < -0.4 is 16.5 Å². The topological polar surface area (TPSA) is 126 Å². The fraction of sp³-hybridized carbons (Fsp3) is 0.636. The van der Waals surface area contributed by atoms with Gasteiger partial charge in [-0.05, 0) is 45.8 Å². The van der Waals surface area contributed by atoms with Crippen molar-refractivity contribution in [1.29, 1.82) is 0 Å². The van der Waals surface area contributed by atoms with E-state index in [0.29, 0.717) is 6.42 Å². The zero-order valence-electron chi connectivity index (χ0n) is 11.7. The number of hydrazone groups is 1. The number of aliphatic carboxylic acids is 1. The van der Waals surface area contributed by atoms with Crippen LogP contribution in [0, 0.1) is 0 Å². The van der Waals surface area contributed by atoms with Gasteiger partial charge < -0.3 is 20.9 Å². The Morgan fingerprint density at radius 1 is 1.50 bits per heavy atom.